The number of aryl methyl sites for hydroxylation is 2. The molecule has 0 radical (unpaired) electrons. The topological polar surface area (TPSA) is 79.3 Å². The van der Waals surface area contributed by atoms with Gasteiger partial charge in [-0.05, 0) is 31.0 Å². The second-order valence-corrected chi connectivity index (χ2v) is 7.01. The lowest BCUT2D eigenvalue weighted by atomic mass is 10.0. The Morgan fingerprint density at radius 3 is 2.66 bits per heavy atom. The largest absolute Gasteiger partial charge is 0.416 e. The third-order valence-electron chi connectivity index (χ3n) is 4.74. The van der Waals surface area contributed by atoms with E-state index in [1.807, 2.05) is 0 Å². The van der Waals surface area contributed by atoms with Crippen LogP contribution in [0.5, 0.6) is 0 Å². The van der Waals surface area contributed by atoms with Crippen LogP contribution in [0.25, 0.3) is 0 Å². The molecule has 3 amide bonds. The molecule has 10 heteroatoms. The van der Waals surface area contributed by atoms with Crippen LogP contribution in [0, 0.1) is 6.92 Å². The molecule has 1 unspecified atom stereocenters. The van der Waals surface area contributed by atoms with E-state index >= 15 is 0 Å². The number of urea groups is 1. The maximum Gasteiger partial charge on any atom is 0.416 e. The van der Waals surface area contributed by atoms with Gasteiger partial charge < -0.3 is 10.2 Å². The number of nitrogens with one attached hydrogen (secondary N) is 2. The normalized spacial score (nSPS) is 15.5. The Balaban J connectivity index is 1.82. The van der Waals surface area contributed by atoms with E-state index in [2.05, 4.69) is 15.7 Å². The highest BCUT2D eigenvalue weighted by Crippen LogP contribution is 2.31. The summed E-state index contributed by atoms with van der Waals surface area (Å²) in [4.78, 5) is 26.1. The van der Waals surface area contributed by atoms with E-state index < -0.39 is 23.8 Å². The molecule has 2 N–H and O–H groups in total. The summed E-state index contributed by atoms with van der Waals surface area (Å²) in [7, 11) is 1.66. The molecule has 156 valence electrons. The number of hydrogen-bond acceptors (Lipinski definition) is 3. The molecule has 1 atom stereocenters. The molecular formula is C19H22F3N5O2. The summed E-state index contributed by atoms with van der Waals surface area (Å²) in [5, 5.41) is 9.46. The first kappa shape index (κ1) is 20.7. The zero-order valence-electron chi connectivity index (χ0n) is 16.1. The molecule has 1 aromatic heterocycles. The Morgan fingerprint density at radius 2 is 2.07 bits per heavy atom. The summed E-state index contributed by atoms with van der Waals surface area (Å²) >= 11 is 0. The van der Waals surface area contributed by atoms with Crippen LogP contribution in [-0.4, -0.2) is 39.7 Å². The van der Waals surface area contributed by atoms with Gasteiger partial charge in [0, 0.05) is 32.6 Å². The van der Waals surface area contributed by atoms with Crippen LogP contribution in [-0.2, 0) is 18.0 Å². The molecule has 0 saturated carbocycles. The molecule has 2 heterocycles. The molecule has 1 aliphatic heterocycles. The number of hydrogen-bond donors (Lipinski definition) is 2. The second-order valence-electron chi connectivity index (χ2n) is 7.01. The van der Waals surface area contributed by atoms with Crippen LogP contribution in [0.15, 0.2) is 30.3 Å². The van der Waals surface area contributed by atoms with Crippen LogP contribution >= 0.6 is 0 Å². The Bertz CT molecular complexity index is 909. The Kier molecular flexibility index (Phi) is 5.81. The molecule has 3 rings (SSSR count). The van der Waals surface area contributed by atoms with Crippen molar-refractivity contribution in [2.75, 3.05) is 18.4 Å². The second kappa shape index (κ2) is 8.14. The zero-order valence-corrected chi connectivity index (χ0v) is 16.1. The molecule has 0 bridgehead atoms. The lowest BCUT2D eigenvalue weighted by molar-refractivity contribution is -0.137. The average molecular weight is 409 g/mol. The van der Waals surface area contributed by atoms with Crippen LogP contribution in [0.2, 0.25) is 0 Å². The number of amides is 3. The minimum Gasteiger partial charge on any atom is -0.340 e. The number of aromatic nitrogens is 2. The number of benzene rings is 1. The van der Waals surface area contributed by atoms with Gasteiger partial charge in [-0.2, -0.15) is 18.3 Å². The van der Waals surface area contributed by atoms with Gasteiger partial charge in [-0.3, -0.25) is 14.8 Å². The third-order valence-corrected chi connectivity index (χ3v) is 4.74. The zero-order chi connectivity index (χ0) is 21.2. The van der Waals surface area contributed by atoms with Crippen molar-refractivity contribution in [3.63, 3.8) is 0 Å². The first-order chi connectivity index (χ1) is 13.6. The van der Waals surface area contributed by atoms with Crippen molar-refractivity contribution in [2.45, 2.75) is 32.0 Å². The summed E-state index contributed by atoms with van der Waals surface area (Å²) in [5.41, 5.74) is 0.174. The van der Waals surface area contributed by atoms with E-state index in [0.717, 1.165) is 12.1 Å². The highest BCUT2D eigenvalue weighted by atomic mass is 19.4. The number of carbonyl (C=O) groups is 2. The SMILES string of the molecule is Cc1cc(NC(=O)NC(CN2CCCC2=O)c2cccc(C(F)(F)F)c2)n(C)n1. The maximum atomic E-state index is 13.1. The number of rotatable bonds is 5. The predicted octanol–water partition coefficient (Wildman–Crippen LogP) is 3.23. The van der Waals surface area contributed by atoms with Gasteiger partial charge in [0.05, 0.1) is 17.3 Å². The number of halogens is 3. The first-order valence-corrected chi connectivity index (χ1v) is 9.16. The Labute approximate surface area is 165 Å². The van der Waals surface area contributed by atoms with Crippen molar-refractivity contribution in [1.82, 2.24) is 20.0 Å². The average Bonchev–Trinajstić information content (AvgIpc) is 3.18. The van der Waals surface area contributed by atoms with E-state index in [-0.39, 0.29) is 18.0 Å². The summed E-state index contributed by atoms with van der Waals surface area (Å²) in [6.07, 6.45) is -3.41. The standard InChI is InChI=1S/C19H22F3N5O2/c1-12-9-16(26(2)25-12)24-18(29)23-15(11-27-8-4-7-17(27)28)13-5-3-6-14(10-13)19(20,21)22/h3,5-6,9-10,15H,4,7-8,11H2,1-2H3,(H2,23,24,29). The summed E-state index contributed by atoms with van der Waals surface area (Å²) in [5.74, 6) is 0.367. The van der Waals surface area contributed by atoms with E-state index in [0.29, 0.717) is 30.9 Å². The fraction of sp³-hybridized carbons (Fsp3) is 0.421. The van der Waals surface area contributed by atoms with E-state index in [4.69, 9.17) is 0 Å². The van der Waals surface area contributed by atoms with Crippen molar-refractivity contribution < 1.29 is 22.8 Å². The molecule has 1 fully saturated rings. The van der Waals surface area contributed by atoms with E-state index in [1.165, 1.54) is 16.8 Å². The van der Waals surface area contributed by atoms with Gasteiger partial charge in [-0.1, -0.05) is 12.1 Å². The van der Waals surface area contributed by atoms with Crippen molar-refractivity contribution >= 4 is 17.8 Å². The van der Waals surface area contributed by atoms with Crippen LogP contribution < -0.4 is 10.6 Å². The highest BCUT2D eigenvalue weighted by molar-refractivity contribution is 5.88. The van der Waals surface area contributed by atoms with Gasteiger partial charge in [0.25, 0.3) is 0 Å². The molecule has 0 aliphatic carbocycles. The quantitative estimate of drug-likeness (QED) is 0.796. The summed E-state index contributed by atoms with van der Waals surface area (Å²) in [6.45, 7) is 2.38. The molecule has 1 saturated heterocycles. The number of nitrogens with zero attached hydrogens (tertiary/aromatic N) is 3. The summed E-state index contributed by atoms with van der Waals surface area (Å²) < 4.78 is 40.8. The Morgan fingerprint density at radius 1 is 1.31 bits per heavy atom. The lowest BCUT2D eigenvalue weighted by Crippen LogP contribution is -2.40. The minimum atomic E-state index is -4.50. The van der Waals surface area contributed by atoms with Crippen LogP contribution in [0.1, 0.15) is 35.7 Å². The van der Waals surface area contributed by atoms with Gasteiger partial charge in [0.1, 0.15) is 5.82 Å². The minimum absolute atomic E-state index is 0.0774. The van der Waals surface area contributed by atoms with E-state index in [9.17, 15) is 22.8 Å². The Hall–Kier alpha value is -3.04. The third kappa shape index (κ3) is 5.07. The van der Waals surface area contributed by atoms with Crippen LogP contribution in [0.3, 0.4) is 0 Å². The van der Waals surface area contributed by atoms with Gasteiger partial charge in [-0.25, -0.2) is 4.79 Å². The number of anilines is 1. The van der Waals surface area contributed by atoms with Gasteiger partial charge in [0.15, 0.2) is 0 Å². The molecule has 7 nitrogen and oxygen atoms in total. The fourth-order valence-corrected chi connectivity index (χ4v) is 3.32. The number of alkyl halides is 3. The monoisotopic (exact) mass is 409 g/mol. The highest BCUT2D eigenvalue weighted by Gasteiger charge is 2.32. The first-order valence-electron chi connectivity index (χ1n) is 9.16. The lowest BCUT2D eigenvalue weighted by Gasteiger charge is -2.26. The van der Waals surface area contributed by atoms with Crippen molar-refractivity contribution in [3.05, 3.63) is 47.2 Å². The number of likely N-dealkylation sites (tertiary alicyclic amines) is 1. The van der Waals surface area contributed by atoms with E-state index in [1.54, 1.807) is 24.9 Å². The van der Waals surface area contributed by atoms with Gasteiger partial charge in [-0.15, -0.1) is 0 Å². The summed E-state index contributed by atoms with van der Waals surface area (Å²) in [6, 6.07) is 5.05. The molecule has 1 aromatic carbocycles. The number of carbonyl (C=O) groups excluding carboxylic acids is 2. The molecular weight excluding hydrogens is 387 g/mol. The molecule has 0 spiro atoms. The fourth-order valence-electron chi connectivity index (χ4n) is 3.32. The maximum absolute atomic E-state index is 13.1. The van der Waals surface area contributed by atoms with Crippen molar-refractivity contribution in [1.29, 1.82) is 0 Å². The van der Waals surface area contributed by atoms with Gasteiger partial charge >= 0.3 is 12.2 Å². The molecule has 2 aromatic rings. The predicted molar refractivity (Wildman–Crippen MR) is 100 cm³/mol. The van der Waals surface area contributed by atoms with Crippen molar-refractivity contribution in [2.24, 2.45) is 7.05 Å². The van der Waals surface area contributed by atoms with Crippen molar-refractivity contribution in [3.8, 4) is 0 Å². The molecule has 1 aliphatic rings. The molecule has 29 heavy (non-hydrogen) atoms. The van der Waals surface area contributed by atoms with Crippen LogP contribution in [0.4, 0.5) is 23.8 Å². The smallest absolute Gasteiger partial charge is 0.340 e. The van der Waals surface area contributed by atoms with Gasteiger partial charge in [0.2, 0.25) is 5.91 Å².